The number of hydrogen-bond donors (Lipinski definition) is 1. The molecule has 0 aliphatic heterocycles. The number of carbonyl (C=O) groups is 2. The summed E-state index contributed by atoms with van der Waals surface area (Å²) < 4.78 is 0. The Bertz CT molecular complexity index is 1080. The van der Waals surface area contributed by atoms with E-state index in [0.29, 0.717) is 22.8 Å². The molecule has 0 aliphatic carbocycles. The molecule has 0 saturated heterocycles. The third kappa shape index (κ3) is 5.01. The van der Waals surface area contributed by atoms with Gasteiger partial charge in [-0.1, -0.05) is 83.9 Å². The number of nitrogens with zero attached hydrogens (tertiary/aromatic N) is 1. The minimum Gasteiger partial charge on any atom is -0.350 e. The molecule has 0 aromatic heterocycles. The molecular formula is C24H18Cl2N2O2. The fraction of sp³-hybridized carbons (Fsp3) is 0.0833. The molecule has 0 bridgehead atoms. The zero-order chi connectivity index (χ0) is 21.5. The monoisotopic (exact) mass is 436 g/mol. The topological polar surface area (TPSA) is 49.4 Å². The van der Waals surface area contributed by atoms with Crippen molar-refractivity contribution in [2.75, 3.05) is 4.90 Å². The van der Waals surface area contributed by atoms with Crippen molar-refractivity contribution in [2.45, 2.75) is 12.6 Å². The van der Waals surface area contributed by atoms with Gasteiger partial charge < -0.3 is 5.32 Å². The van der Waals surface area contributed by atoms with Crippen molar-refractivity contribution in [1.82, 2.24) is 5.32 Å². The maximum atomic E-state index is 13.3. The first kappa shape index (κ1) is 21.4. The van der Waals surface area contributed by atoms with Crippen LogP contribution in [-0.4, -0.2) is 11.8 Å². The van der Waals surface area contributed by atoms with Crippen LogP contribution in [0.1, 0.15) is 17.2 Å². The zero-order valence-corrected chi connectivity index (χ0v) is 17.4. The van der Waals surface area contributed by atoms with Crippen LogP contribution in [-0.2, 0) is 16.1 Å². The van der Waals surface area contributed by atoms with E-state index in [1.54, 1.807) is 36.4 Å². The molecule has 3 aromatic rings. The molecule has 1 atom stereocenters. The number of rotatable bonds is 6. The second kappa shape index (κ2) is 9.98. The Morgan fingerprint density at radius 2 is 1.57 bits per heavy atom. The van der Waals surface area contributed by atoms with Crippen LogP contribution in [0.3, 0.4) is 0 Å². The van der Waals surface area contributed by atoms with Gasteiger partial charge in [-0.3, -0.25) is 14.5 Å². The highest BCUT2D eigenvalue weighted by Gasteiger charge is 2.32. The number of carbonyl (C=O) groups excluding carboxylic acids is 2. The highest BCUT2D eigenvalue weighted by atomic mass is 35.5. The second-order valence-electron chi connectivity index (χ2n) is 6.43. The van der Waals surface area contributed by atoms with Gasteiger partial charge in [0.05, 0.1) is 10.0 Å². The van der Waals surface area contributed by atoms with Gasteiger partial charge in [0.15, 0.2) is 0 Å². The quantitative estimate of drug-likeness (QED) is 0.551. The Balaban J connectivity index is 2.01. The number of benzene rings is 3. The highest BCUT2D eigenvalue weighted by molar-refractivity contribution is 6.42. The van der Waals surface area contributed by atoms with Crippen LogP contribution in [0, 0.1) is 12.3 Å². The van der Waals surface area contributed by atoms with Crippen molar-refractivity contribution in [3.63, 3.8) is 0 Å². The predicted molar refractivity (Wildman–Crippen MR) is 120 cm³/mol. The number of terminal acetylenes is 1. The molecule has 3 aromatic carbocycles. The van der Waals surface area contributed by atoms with Gasteiger partial charge in [0.2, 0.25) is 5.91 Å². The van der Waals surface area contributed by atoms with E-state index in [0.717, 1.165) is 5.56 Å². The van der Waals surface area contributed by atoms with E-state index >= 15 is 0 Å². The molecule has 2 amide bonds. The molecule has 0 spiro atoms. The molecule has 150 valence electrons. The average Bonchev–Trinajstić information content (AvgIpc) is 2.78. The van der Waals surface area contributed by atoms with Crippen LogP contribution in [0.2, 0.25) is 10.0 Å². The summed E-state index contributed by atoms with van der Waals surface area (Å²) in [7, 11) is 0. The normalized spacial score (nSPS) is 11.2. The molecule has 1 N–H and O–H groups in total. The van der Waals surface area contributed by atoms with E-state index < -0.39 is 11.9 Å². The van der Waals surface area contributed by atoms with Gasteiger partial charge in [-0.25, -0.2) is 0 Å². The Labute approximate surface area is 185 Å². The number of nitrogens with one attached hydrogen (secondary N) is 1. The third-order valence-electron chi connectivity index (χ3n) is 4.46. The highest BCUT2D eigenvalue weighted by Crippen LogP contribution is 2.32. The second-order valence-corrected chi connectivity index (χ2v) is 7.25. The Hall–Kier alpha value is -3.26. The third-order valence-corrected chi connectivity index (χ3v) is 5.19. The molecule has 3 rings (SSSR count). The minimum absolute atomic E-state index is 0.250. The van der Waals surface area contributed by atoms with Gasteiger partial charge >= 0.3 is 5.91 Å². The van der Waals surface area contributed by atoms with E-state index in [2.05, 4.69) is 11.2 Å². The summed E-state index contributed by atoms with van der Waals surface area (Å²) in [5.41, 5.74) is 1.91. The lowest BCUT2D eigenvalue weighted by atomic mass is 10.0. The van der Waals surface area contributed by atoms with Gasteiger partial charge in [0.25, 0.3) is 0 Å². The first-order valence-corrected chi connectivity index (χ1v) is 9.88. The van der Waals surface area contributed by atoms with E-state index in [4.69, 9.17) is 29.6 Å². The summed E-state index contributed by atoms with van der Waals surface area (Å²) in [5.74, 6) is 1.06. The summed E-state index contributed by atoms with van der Waals surface area (Å²) >= 11 is 12.2. The summed E-state index contributed by atoms with van der Waals surface area (Å²) in [6.07, 6.45) is 5.43. The molecule has 0 saturated carbocycles. The van der Waals surface area contributed by atoms with Gasteiger partial charge in [0, 0.05) is 12.2 Å². The lowest BCUT2D eigenvalue weighted by molar-refractivity contribution is -0.125. The van der Waals surface area contributed by atoms with E-state index in [1.807, 2.05) is 36.4 Å². The van der Waals surface area contributed by atoms with E-state index in [1.165, 1.54) is 11.0 Å². The molecule has 6 heteroatoms. The number of amides is 2. The van der Waals surface area contributed by atoms with Gasteiger partial charge in [-0.05, 0) is 35.2 Å². The maximum Gasteiger partial charge on any atom is 0.303 e. The molecule has 0 radical (unpaired) electrons. The fourth-order valence-corrected chi connectivity index (χ4v) is 3.32. The summed E-state index contributed by atoms with van der Waals surface area (Å²) in [6, 6.07) is 22.1. The van der Waals surface area contributed by atoms with Crippen molar-refractivity contribution in [1.29, 1.82) is 0 Å². The molecular weight excluding hydrogens is 419 g/mol. The average molecular weight is 437 g/mol. The summed E-state index contributed by atoms with van der Waals surface area (Å²) in [6.45, 7) is 0.308. The lowest BCUT2D eigenvalue weighted by Crippen LogP contribution is -2.43. The first-order chi connectivity index (χ1) is 14.5. The Kier molecular flexibility index (Phi) is 7.13. The summed E-state index contributed by atoms with van der Waals surface area (Å²) in [5, 5.41) is 3.47. The lowest BCUT2D eigenvalue weighted by Gasteiger charge is -2.30. The molecule has 0 heterocycles. The van der Waals surface area contributed by atoms with Crippen LogP contribution in [0.15, 0.2) is 78.9 Å². The van der Waals surface area contributed by atoms with Crippen LogP contribution in [0.4, 0.5) is 5.69 Å². The largest absolute Gasteiger partial charge is 0.350 e. The van der Waals surface area contributed by atoms with Gasteiger partial charge in [-0.2, -0.15) is 0 Å². The van der Waals surface area contributed by atoms with E-state index in [-0.39, 0.29) is 10.9 Å². The van der Waals surface area contributed by atoms with Crippen LogP contribution in [0.25, 0.3) is 0 Å². The smallest absolute Gasteiger partial charge is 0.303 e. The number of anilines is 1. The Morgan fingerprint density at radius 1 is 0.933 bits per heavy atom. The van der Waals surface area contributed by atoms with Gasteiger partial charge in [-0.15, -0.1) is 6.42 Å². The fourth-order valence-electron chi connectivity index (χ4n) is 3.02. The van der Waals surface area contributed by atoms with Crippen molar-refractivity contribution in [3.05, 3.63) is 100 Å². The Morgan fingerprint density at radius 3 is 2.17 bits per heavy atom. The molecule has 30 heavy (non-hydrogen) atoms. The van der Waals surface area contributed by atoms with Crippen molar-refractivity contribution < 1.29 is 9.59 Å². The van der Waals surface area contributed by atoms with Crippen LogP contribution >= 0.6 is 23.2 Å². The van der Waals surface area contributed by atoms with Crippen molar-refractivity contribution in [3.8, 4) is 12.3 Å². The molecule has 4 nitrogen and oxygen atoms in total. The SMILES string of the molecule is C#CC(=O)N(c1ccc(Cl)c(Cl)c1)C(C(=O)NCc1ccccc1)c1ccccc1. The van der Waals surface area contributed by atoms with E-state index in [9.17, 15) is 9.59 Å². The molecule has 1 unspecified atom stereocenters. The number of halogens is 2. The van der Waals surface area contributed by atoms with Crippen molar-refractivity contribution in [2.24, 2.45) is 0 Å². The first-order valence-electron chi connectivity index (χ1n) is 9.12. The zero-order valence-electron chi connectivity index (χ0n) is 15.9. The predicted octanol–water partition coefficient (Wildman–Crippen LogP) is 5.02. The minimum atomic E-state index is -0.990. The van der Waals surface area contributed by atoms with Crippen molar-refractivity contribution >= 4 is 40.7 Å². The maximum absolute atomic E-state index is 13.3. The number of hydrogen-bond acceptors (Lipinski definition) is 2. The molecule has 0 aliphatic rings. The van der Waals surface area contributed by atoms with Crippen LogP contribution in [0.5, 0.6) is 0 Å². The summed E-state index contributed by atoms with van der Waals surface area (Å²) in [4.78, 5) is 27.3. The van der Waals surface area contributed by atoms with Gasteiger partial charge in [0.1, 0.15) is 6.04 Å². The molecule has 0 fully saturated rings. The van der Waals surface area contributed by atoms with Crippen LogP contribution < -0.4 is 10.2 Å². The standard InChI is InChI=1S/C24H18Cl2N2O2/c1-2-22(29)28(19-13-14-20(25)21(26)15-19)23(18-11-7-4-8-12-18)24(30)27-16-17-9-5-3-6-10-17/h1,3-15,23H,16H2,(H,27,30).